The molecule has 0 spiro atoms. The highest BCUT2D eigenvalue weighted by molar-refractivity contribution is 5.71. The van der Waals surface area contributed by atoms with Gasteiger partial charge in [0, 0.05) is 12.1 Å². The molecular formula is C32H40FNO5. The van der Waals surface area contributed by atoms with Crippen LogP contribution in [0, 0.1) is 12.7 Å². The van der Waals surface area contributed by atoms with Crippen molar-refractivity contribution in [2.75, 3.05) is 13.2 Å². The van der Waals surface area contributed by atoms with Crippen LogP contribution in [-0.2, 0) is 17.6 Å². The Balaban J connectivity index is 1.62. The highest BCUT2D eigenvalue weighted by Gasteiger charge is 2.21. The molecule has 0 heterocycles. The number of carboxylic acid groups (broad SMARTS) is 1. The normalized spacial score (nSPS) is 13.2. The van der Waals surface area contributed by atoms with E-state index in [9.17, 15) is 14.3 Å². The first-order chi connectivity index (χ1) is 18.5. The van der Waals surface area contributed by atoms with Gasteiger partial charge in [-0.05, 0) is 92.1 Å². The van der Waals surface area contributed by atoms with Crippen LogP contribution in [0.4, 0.5) is 9.18 Å². The van der Waals surface area contributed by atoms with Crippen molar-refractivity contribution < 1.29 is 28.9 Å². The molecule has 0 radical (unpaired) electrons. The molecule has 0 aliphatic rings. The highest BCUT2D eigenvalue weighted by atomic mass is 19.1. The lowest BCUT2D eigenvalue weighted by Crippen LogP contribution is -2.46. The summed E-state index contributed by atoms with van der Waals surface area (Å²) in [6, 6.07) is 18.7. The number of aliphatic hydroxyl groups excluding tert-OH is 1. The molecule has 0 saturated carbocycles. The first kappa shape index (κ1) is 30.3. The SMILES string of the molecule is CCCc1cc(-c2ccccc2C(C)OC[C@H](O)CNC(C)(C)Cc2ccc(C)c(F)c2)ccc1OC(=O)O. The van der Waals surface area contributed by atoms with Crippen molar-refractivity contribution in [2.45, 2.75) is 71.6 Å². The van der Waals surface area contributed by atoms with E-state index in [4.69, 9.17) is 14.6 Å². The van der Waals surface area contributed by atoms with Crippen LogP contribution in [0.3, 0.4) is 0 Å². The van der Waals surface area contributed by atoms with Gasteiger partial charge in [-0.2, -0.15) is 0 Å². The second-order valence-electron chi connectivity index (χ2n) is 10.7. The predicted molar refractivity (Wildman–Crippen MR) is 152 cm³/mol. The molecule has 3 aromatic carbocycles. The van der Waals surface area contributed by atoms with E-state index in [1.165, 1.54) is 0 Å². The smallest absolute Gasteiger partial charge is 0.449 e. The molecule has 6 nitrogen and oxygen atoms in total. The Hall–Kier alpha value is -3.26. The van der Waals surface area contributed by atoms with Crippen molar-refractivity contribution in [3.05, 3.63) is 88.7 Å². The van der Waals surface area contributed by atoms with Crippen LogP contribution in [0.5, 0.6) is 5.75 Å². The van der Waals surface area contributed by atoms with Gasteiger partial charge in [0.1, 0.15) is 11.6 Å². The van der Waals surface area contributed by atoms with Crippen molar-refractivity contribution in [1.29, 1.82) is 0 Å². The monoisotopic (exact) mass is 537 g/mol. The molecular weight excluding hydrogens is 497 g/mol. The van der Waals surface area contributed by atoms with Gasteiger partial charge < -0.3 is 25.0 Å². The number of aryl methyl sites for hydroxylation is 2. The molecule has 2 atom stereocenters. The number of halogens is 1. The molecule has 0 fully saturated rings. The summed E-state index contributed by atoms with van der Waals surface area (Å²) in [4.78, 5) is 11.1. The van der Waals surface area contributed by atoms with Crippen molar-refractivity contribution in [1.82, 2.24) is 5.32 Å². The Morgan fingerprint density at radius 3 is 2.54 bits per heavy atom. The second-order valence-corrected chi connectivity index (χ2v) is 10.7. The van der Waals surface area contributed by atoms with E-state index in [2.05, 4.69) is 5.32 Å². The van der Waals surface area contributed by atoms with Crippen LogP contribution >= 0.6 is 0 Å². The van der Waals surface area contributed by atoms with Crippen LogP contribution in [0.25, 0.3) is 11.1 Å². The third kappa shape index (κ3) is 8.88. The summed E-state index contributed by atoms with van der Waals surface area (Å²) in [5.41, 5.74) is 4.90. The van der Waals surface area contributed by atoms with Gasteiger partial charge >= 0.3 is 6.16 Å². The first-order valence-electron chi connectivity index (χ1n) is 13.4. The first-order valence-corrected chi connectivity index (χ1v) is 13.4. The van der Waals surface area contributed by atoms with Crippen molar-refractivity contribution in [2.24, 2.45) is 0 Å². The van der Waals surface area contributed by atoms with Gasteiger partial charge in [0.2, 0.25) is 0 Å². The number of nitrogens with one attached hydrogen (secondary N) is 1. The molecule has 0 amide bonds. The van der Waals surface area contributed by atoms with Crippen LogP contribution in [0.15, 0.2) is 60.7 Å². The Morgan fingerprint density at radius 1 is 1.10 bits per heavy atom. The van der Waals surface area contributed by atoms with E-state index in [0.717, 1.165) is 34.2 Å². The number of ether oxygens (including phenoxy) is 2. The zero-order valence-electron chi connectivity index (χ0n) is 23.5. The fourth-order valence-electron chi connectivity index (χ4n) is 4.64. The molecule has 3 rings (SSSR count). The standard InChI is InChI=1S/C32H40FNO5/c1-6-9-25-17-24(14-15-30(25)39-31(36)37)28-11-8-7-10-27(28)22(3)38-20-26(35)19-34-32(4,5)18-23-13-12-21(2)29(33)16-23/h7-8,10-17,22,26,34-35H,6,9,18-20H2,1-5H3,(H,36,37)/t22?,26-/m1/s1. The zero-order chi connectivity index (χ0) is 28.6. The fourth-order valence-corrected chi connectivity index (χ4v) is 4.64. The molecule has 0 saturated heterocycles. The summed E-state index contributed by atoms with van der Waals surface area (Å²) in [5.74, 6) is 0.137. The van der Waals surface area contributed by atoms with Crippen LogP contribution in [0.1, 0.15) is 62.5 Å². The number of hydrogen-bond acceptors (Lipinski definition) is 5. The van der Waals surface area contributed by atoms with Crippen molar-refractivity contribution >= 4 is 6.16 Å². The summed E-state index contributed by atoms with van der Waals surface area (Å²) < 4.78 is 25.0. The molecule has 210 valence electrons. The summed E-state index contributed by atoms with van der Waals surface area (Å²) in [5, 5.41) is 23.1. The number of rotatable bonds is 13. The van der Waals surface area contributed by atoms with Crippen molar-refractivity contribution in [3.63, 3.8) is 0 Å². The Morgan fingerprint density at radius 2 is 1.85 bits per heavy atom. The summed E-state index contributed by atoms with van der Waals surface area (Å²) in [6.45, 7) is 10.3. The van der Waals surface area contributed by atoms with Gasteiger partial charge in [-0.3, -0.25) is 0 Å². The summed E-state index contributed by atoms with van der Waals surface area (Å²) in [6.07, 6.45) is -0.174. The van der Waals surface area contributed by atoms with Crippen LogP contribution in [-0.4, -0.2) is 41.2 Å². The zero-order valence-corrected chi connectivity index (χ0v) is 23.5. The van der Waals surface area contributed by atoms with Gasteiger partial charge in [0.15, 0.2) is 0 Å². The average molecular weight is 538 g/mol. The van der Waals surface area contributed by atoms with E-state index in [-0.39, 0.29) is 24.1 Å². The van der Waals surface area contributed by atoms with Crippen molar-refractivity contribution in [3.8, 4) is 16.9 Å². The quantitative estimate of drug-likeness (QED) is 0.163. The summed E-state index contributed by atoms with van der Waals surface area (Å²) >= 11 is 0. The lowest BCUT2D eigenvalue weighted by Gasteiger charge is -2.28. The highest BCUT2D eigenvalue weighted by Crippen LogP contribution is 2.33. The van der Waals surface area contributed by atoms with Gasteiger partial charge in [0.05, 0.1) is 18.8 Å². The fraction of sp³-hybridized carbons (Fsp3) is 0.406. The van der Waals surface area contributed by atoms with E-state index in [1.54, 1.807) is 25.1 Å². The third-order valence-electron chi connectivity index (χ3n) is 6.72. The number of β-amino-alcohol motifs (C(OH)–C–C–N with tert-alkyl or cyclic N) is 1. The maximum absolute atomic E-state index is 13.9. The molecule has 0 aliphatic carbocycles. The molecule has 1 unspecified atom stereocenters. The molecule has 0 aliphatic heterocycles. The maximum atomic E-state index is 13.9. The molecule has 39 heavy (non-hydrogen) atoms. The van der Waals surface area contributed by atoms with Gasteiger partial charge in [-0.15, -0.1) is 0 Å². The Bertz CT molecular complexity index is 1260. The van der Waals surface area contributed by atoms with E-state index in [0.29, 0.717) is 30.7 Å². The lowest BCUT2D eigenvalue weighted by atomic mass is 9.94. The minimum Gasteiger partial charge on any atom is -0.449 e. The maximum Gasteiger partial charge on any atom is 0.511 e. The second kappa shape index (κ2) is 13.7. The lowest BCUT2D eigenvalue weighted by molar-refractivity contribution is -0.00397. The van der Waals surface area contributed by atoms with Crippen LogP contribution in [0.2, 0.25) is 0 Å². The minimum atomic E-state index is -1.33. The third-order valence-corrected chi connectivity index (χ3v) is 6.72. The van der Waals surface area contributed by atoms with E-state index < -0.39 is 12.3 Å². The average Bonchev–Trinajstić information content (AvgIpc) is 2.89. The molecule has 3 aromatic rings. The topological polar surface area (TPSA) is 88.0 Å². The number of hydrogen-bond donors (Lipinski definition) is 3. The Kier molecular flexibility index (Phi) is 10.6. The predicted octanol–water partition coefficient (Wildman–Crippen LogP) is 6.86. The van der Waals surface area contributed by atoms with E-state index in [1.807, 2.05) is 70.2 Å². The van der Waals surface area contributed by atoms with E-state index >= 15 is 0 Å². The molecule has 0 aromatic heterocycles. The van der Waals surface area contributed by atoms with Gasteiger partial charge in [0.25, 0.3) is 0 Å². The molecule has 3 N–H and O–H groups in total. The number of carbonyl (C=O) groups is 1. The van der Waals surface area contributed by atoms with Gasteiger partial charge in [-0.25, -0.2) is 9.18 Å². The largest absolute Gasteiger partial charge is 0.511 e. The van der Waals surface area contributed by atoms with Crippen LogP contribution < -0.4 is 10.1 Å². The molecule has 7 heteroatoms. The molecule has 0 bridgehead atoms. The minimum absolute atomic E-state index is 0.143. The summed E-state index contributed by atoms with van der Waals surface area (Å²) in [7, 11) is 0. The number of aliphatic hydroxyl groups is 1. The Labute approximate surface area is 230 Å². The number of benzene rings is 3. The van der Waals surface area contributed by atoms with Gasteiger partial charge in [-0.1, -0.05) is 55.8 Å².